The zero-order valence-corrected chi connectivity index (χ0v) is 16.9. The molecule has 2 aliphatic rings. The van der Waals surface area contributed by atoms with E-state index in [1.165, 1.54) is 29.2 Å². The molecule has 8 heteroatoms. The molecule has 1 fully saturated rings. The number of hydrogen-bond donors (Lipinski definition) is 0. The number of carbonyl (C=O) groups is 1. The van der Waals surface area contributed by atoms with Gasteiger partial charge in [0.1, 0.15) is 11.4 Å². The number of rotatable bonds is 2. The molecule has 3 aromatic rings. The predicted octanol–water partition coefficient (Wildman–Crippen LogP) is 2.97. The minimum Gasteiger partial charge on any atom is -0.450 e. The van der Waals surface area contributed by atoms with Gasteiger partial charge >= 0.3 is 0 Å². The van der Waals surface area contributed by atoms with Crippen molar-refractivity contribution < 1.29 is 22.0 Å². The molecule has 2 aliphatic heterocycles. The summed E-state index contributed by atoms with van der Waals surface area (Å²) in [5.41, 5.74) is 1.55. The molecular weight excluding hydrogens is 409 g/mol. The maximum atomic E-state index is 13.5. The van der Waals surface area contributed by atoms with Crippen molar-refractivity contribution in [2.75, 3.05) is 11.5 Å². The minimum atomic E-state index is -3.27. The number of nitrogens with zero attached hydrogens (tertiary/aromatic N) is 1. The molecule has 154 valence electrons. The zero-order chi connectivity index (χ0) is 21.2. The van der Waals surface area contributed by atoms with E-state index in [0.717, 1.165) is 5.56 Å². The summed E-state index contributed by atoms with van der Waals surface area (Å²) in [6.07, 6.45) is 0.284. The van der Waals surface area contributed by atoms with Crippen LogP contribution < -0.4 is 5.43 Å². The number of aryl methyl sites for hydroxylation is 1. The number of halogens is 1. The minimum absolute atomic E-state index is 0.0174. The summed E-state index contributed by atoms with van der Waals surface area (Å²) in [4.78, 5) is 28.2. The molecule has 5 rings (SSSR count). The number of hydrogen-bond acceptors (Lipinski definition) is 5. The first-order valence-electron chi connectivity index (χ1n) is 9.61. The van der Waals surface area contributed by atoms with Crippen molar-refractivity contribution in [1.29, 1.82) is 0 Å². The maximum absolute atomic E-state index is 13.5. The molecule has 0 radical (unpaired) electrons. The van der Waals surface area contributed by atoms with Gasteiger partial charge in [-0.25, -0.2) is 12.8 Å². The molecule has 2 atom stereocenters. The van der Waals surface area contributed by atoms with Gasteiger partial charge in [0.15, 0.2) is 15.3 Å². The van der Waals surface area contributed by atoms with Gasteiger partial charge in [-0.1, -0.05) is 23.8 Å². The number of amides is 1. The van der Waals surface area contributed by atoms with Gasteiger partial charge in [-0.3, -0.25) is 9.59 Å². The second-order valence-electron chi connectivity index (χ2n) is 7.90. The molecular formula is C22H18FNO5S. The molecule has 0 N–H and O–H groups in total. The second-order valence-corrected chi connectivity index (χ2v) is 10.1. The summed E-state index contributed by atoms with van der Waals surface area (Å²) in [5.74, 6) is -1.22. The number of carbonyl (C=O) groups excluding carboxylic acids is 1. The van der Waals surface area contributed by atoms with Crippen LogP contribution in [0.4, 0.5) is 4.39 Å². The molecule has 1 amide bonds. The molecule has 1 aromatic heterocycles. The summed E-state index contributed by atoms with van der Waals surface area (Å²) in [6, 6.07) is 9.28. The van der Waals surface area contributed by atoms with Gasteiger partial charge in [0.2, 0.25) is 5.76 Å². The van der Waals surface area contributed by atoms with Crippen LogP contribution in [-0.4, -0.2) is 36.8 Å². The first-order valence-corrected chi connectivity index (χ1v) is 11.4. The Balaban J connectivity index is 1.77. The Morgan fingerprint density at radius 1 is 1.10 bits per heavy atom. The lowest BCUT2D eigenvalue weighted by molar-refractivity contribution is 0.0662. The summed E-state index contributed by atoms with van der Waals surface area (Å²) >= 11 is 0. The average Bonchev–Trinajstić information content (AvgIpc) is 3.20. The Labute approximate surface area is 171 Å². The predicted molar refractivity (Wildman–Crippen MR) is 109 cm³/mol. The van der Waals surface area contributed by atoms with E-state index in [9.17, 15) is 22.4 Å². The van der Waals surface area contributed by atoms with Crippen LogP contribution in [0.1, 0.15) is 39.7 Å². The molecule has 0 spiro atoms. The van der Waals surface area contributed by atoms with E-state index in [2.05, 4.69) is 0 Å². The fourth-order valence-corrected chi connectivity index (χ4v) is 6.16. The molecule has 6 nitrogen and oxygen atoms in total. The highest BCUT2D eigenvalue weighted by molar-refractivity contribution is 7.91. The number of sulfone groups is 1. The van der Waals surface area contributed by atoms with Crippen molar-refractivity contribution in [3.05, 3.63) is 81.0 Å². The molecule has 2 aromatic carbocycles. The third-order valence-corrected chi connectivity index (χ3v) is 7.60. The zero-order valence-electron chi connectivity index (χ0n) is 16.1. The molecule has 1 saturated heterocycles. The van der Waals surface area contributed by atoms with Crippen LogP contribution in [0, 0.1) is 12.7 Å². The summed E-state index contributed by atoms with van der Waals surface area (Å²) in [7, 11) is -3.27. The first kappa shape index (κ1) is 19.0. The topological polar surface area (TPSA) is 84.7 Å². The Bertz CT molecular complexity index is 1360. The van der Waals surface area contributed by atoms with Gasteiger partial charge in [0, 0.05) is 6.04 Å². The Kier molecular flexibility index (Phi) is 4.12. The Morgan fingerprint density at radius 2 is 1.83 bits per heavy atom. The second kappa shape index (κ2) is 6.50. The summed E-state index contributed by atoms with van der Waals surface area (Å²) in [6.45, 7) is 1.85. The van der Waals surface area contributed by atoms with Crippen molar-refractivity contribution in [3.8, 4) is 0 Å². The van der Waals surface area contributed by atoms with E-state index in [-0.39, 0.29) is 34.7 Å². The van der Waals surface area contributed by atoms with E-state index >= 15 is 0 Å². The van der Waals surface area contributed by atoms with Crippen LogP contribution in [0.25, 0.3) is 11.0 Å². The van der Waals surface area contributed by atoms with E-state index in [1.54, 1.807) is 18.2 Å². The van der Waals surface area contributed by atoms with Crippen LogP contribution in [-0.2, 0) is 9.84 Å². The van der Waals surface area contributed by atoms with Crippen molar-refractivity contribution in [3.63, 3.8) is 0 Å². The van der Waals surface area contributed by atoms with Crippen LogP contribution in [0.5, 0.6) is 0 Å². The average molecular weight is 427 g/mol. The van der Waals surface area contributed by atoms with Gasteiger partial charge < -0.3 is 9.32 Å². The van der Waals surface area contributed by atoms with Crippen LogP contribution in [0.3, 0.4) is 0 Å². The van der Waals surface area contributed by atoms with Crippen molar-refractivity contribution >= 4 is 26.7 Å². The third-order valence-electron chi connectivity index (χ3n) is 5.85. The molecule has 0 bridgehead atoms. The normalized spacial score (nSPS) is 22.6. The Hall–Kier alpha value is -3.00. The fourth-order valence-electron chi connectivity index (χ4n) is 4.45. The van der Waals surface area contributed by atoms with Gasteiger partial charge in [0.25, 0.3) is 5.91 Å². The van der Waals surface area contributed by atoms with Crippen molar-refractivity contribution in [2.24, 2.45) is 0 Å². The molecule has 2 unspecified atom stereocenters. The van der Waals surface area contributed by atoms with Crippen molar-refractivity contribution in [2.45, 2.75) is 25.4 Å². The number of benzene rings is 2. The molecule has 0 aliphatic carbocycles. The van der Waals surface area contributed by atoms with Crippen LogP contribution in [0.15, 0.2) is 51.7 Å². The highest BCUT2D eigenvalue weighted by Gasteiger charge is 2.48. The molecule has 0 saturated carbocycles. The molecule has 3 heterocycles. The largest absolute Gasteiger partial charge is 0.450 e. The quantitative estimate of drug-likeness (QED) is 0.628. The van der Waals surface area contributed by atoms with E-state index in [4.69, 9.17) is 4.42 Å². The number of fused-ring (bicyclic) bond motifs is 2. The van der Waals surface area contributed by atoms with Gasteiger partial charge in [-0.2, -0.15) is 0 Å². The monoisotopic (exact) mass is 427 g/mol. The van der Waals surface area contributed by atoms with Crippen molar-refractivity contribution in [1.82, 2.24) is 4.90 Å². The van der Waals surface area contributed by atoms with Gasteiger partial charge in [-0.05, 0) is 43.2 Å². The van der Waals surface area contributed by atoms with Crippen LogP contribution in [0.2, 0.25) is 0 Å². The standard InChI is InChI=1S/C22H18FNO5S/c1-12-2-7-17-16(10-12)20(25)18-19(13-3-5-14(23)6-4-13)24(22(26)21(18)29-17)15-8-9-30(27,28)11-15/h2-7,10,15,19H,8-9,11H2,1H3. The van der Waals surface area contributed by atoms with E-state index in [0.29, 0.717) is 16.5 Å². The lowest BCUT2D eigenvalue weighted by Gasteiger charge is -2.30. The van der Waals surface area contributed by atoms with Crippen LogP contribution >= 0.6 is 0 Å². The first-order chi connectivity index (χ1) is 14.2. The van der Waals surface area contributed by atoms with E-state index in [1.807, 2.05) is 6.92 Å². The highest BCUT2D eigenvalue weighted by atomic mass is 32.2. The lowest BCUT2D eigenvalue weighted by Crippen LogP contribution is -2.40. The smallest absolute Gasteiger partial charge is 0.291 e. The lowest BCUT2D eigenvalue weighted by atomic mass is 9.97. The third kappa shape index (κ3) is 2.86. The van der Waals surface area contributed by atoms with E-state index < -0.39 is 33.6 Å². The summed E-state index contributed by atoms with van der Waals surface area (Å²) in [5, 5.41) is 0.356. The maximum Gasteiger partial charge on any atom is 0.291 e. The van der Waals surface area contributed by atoms with Gasteiger partial charge in [0.05, 0.1) is 28.5 Å². The highest BCUT2D eigenvalue weighted by Crippen LogP contribution is 2.41. The fraction of sp³-hybridized carbons (Fsp3) is 0.273. The van der Waals surface area contributed by atoms with Gasteiger partial charge in [-0.15, -0.1) is 0 Å². The molecule has 30 heavy (non-hydrogen) atoms. The SMILES string of the molecule is Cc1ccc2oc3c(c(=O)c2c1)C(c1ccc(F)cc1)N(C1CCS(=O)(=O)C1)C3=O. The summed E-state index contributed by atoms with van der Waals surface area (Å²) < 4.78 is 43.6. The Morgan fingerprint density at radius 3 is 2.50 bits per heavy atom.